The van der Waals surface area contributed by atoms with Gasteiger partial charge in [0.2, 0.25) is 0 Å². The van der Waals surface area contributed by atoms with E-state index in [1.165, 1.54) is 59.1 Å². The summed E-state index contributed by atoms with van der Waals surface area (Å²) in [5.41, 5.74) is 13.0. The summed E-state index contributed by atoms with van der Waals surface area (Å²) in [5, 5.41) is -0.429. The zero-order valence-corrected chi connectivity index (χ0v) is 41.6. The molecule has 4 unspecified atom stereocenters. The molecule has 0 spiro atoms. The van der Waals surface area contributed by atoms with Gasteiger partial charge in [0.05, 0.1) is 50.1 Å². The van der Waals surface area contributed by atoms with Gasteiger partial charge in [0.25, 0.3) is 0 Å². The van der Waals surface area contributed by atoms with Crippen LogP contribution >= 0.6 is 0 Å². The molecule has 7 heteroatoms. The molecule has 0 aromatic heterocycles. The van der Waals surface area contributed by atoms with E-state index in [0.717, 1.165) is 70.3 Å². The monoisotopic (exact) mass is 854 g/mol. The predicted octanol–water partition coefficient (Wildman–Crippen LogP) is 12.9. The molecular weight excluding hydrogens is 765 g/mol. The second-order valence-corrected chi connectivity index (χ2v) is 22.8. The summed E-state index contributed by atoms with van der Waals surface area (Å²) in [7, 11) is 6.89. The molecule has 4 aliphatic carbocycles. The molecule has 1 fully saturated rings. The van der Waals surface area contributed by atoms with Crippen LogP contribution in [0.2, 0.25) is 5.31 Å². The van der Waals surface area contributed by atoms with Gasteiger partial charge >= 0.3 is 0 Å². The number of fused-ring (bicyclic) bond motifs is 3. The third kappa shape index (κ3) is 14.0. The normalized spacial score (nSPS) is 23.0. The molecule has 1 aromatic carbocycles. The average molecular weight is 854 g/mol. The van der Waals surface area contributed by atoms with E-state index in [1.807, 2.05) is 0 Å². The van der Waals surface area contributed by atoms with E-state index in [2.05, 4.69) is 132 Å². The van der Waals surface area contributed by atoms with E-state index in [1.54, 1.807) is 0 Å². The quantitative estimate of drug-likeness (QED) is 0.0780. The van der Waals surface area contributed by atoms with Crippen molar-refractivity contribution in [1.82, 2.24) is 0 Å². The van der Waals surface area contributed by atoms with Crippen LogP contribution in [0.25, 0.3) is 0 Å². The van der Waals surface area contributed by atoms with Crippen molar-refractivity contribution in [3.05, 3.63) is 82.0 Å². The van der Waals surface area contributed by atoms with Crippen LogP contribution in [0.15, 0.2) is 65.3 Å². The van der Waals surface area contributed by atoms with Crippen LogP contribution in [0.3, 0.4) is 0 Å². The number of nitrogens with two attached hydrogens (primary N) is 1. The zero-order chi connectivity index (χ0) is 45.4. The first kappa shape index (κ1) is 51.0. The van der Waals surface area contributed by atoms with Gasteiger partial charge in [0.1, 0.15) is 0 Å². The summed E-state index contributed by atoms with van der Waals surface area (Å²) < 4.78 is 32.1. The lowest BCUT2D eigenvalue weighted by Gasteiger charge is -2.38. The van der Waals surface area contributed by atoms with E-state index in [9.17, 15) is 0 Å². The van der Waals surface area contributed by atoms with Crippen molar-refractivity contribution in [2.45, 2.75) is 218 Å². The molecule has 1 aromatic rings. The van der Waals surface area contributed by atoms with Gasteiger partial charge in [-0.3, -0.25) is 0 Å². The smallest absolute Gasteiger partial charge is 0.0859 e. The molecule has 346 valence electrons. The van der Waals surface area contributed by atoms with Gasteiger partial charge < -0.3 is 29.4 Å². The highest BCUT2D eigenvalue weighted by atomic mass is 16.6. The minimum Gasteiger partial charge on any atom is -0.376 e. The van der Waals surface area contributed by atoms with Crippen molar-refractivity contribution in [2.24, 2.45) is 11.7 Å². The van der Waals surface area contributed by atoms with Gasteiger partial charge in [-0.05, 0) is 153 Å². The Bertz CT molecular complexity index is 1720. The van der Waals surface area contributed by atoms with E-state index < -0.39 is 5.31 Å². The maximum atomic E-state index is 6.89. The number of allylic oxidation sites excluding steroid dienone is 6. The van der Waals surface area contributed by atoms with Crippen molar-refractivity contribution in [2.75, 3.05) is 39.6 Å². The van der Waals surface area contributed by atoms with E-state index in [0.29, 0.717) is 38.9 Å². The molecule has 0 saturated heterocycles. The molecule has 6 nitrogen and oxygen atoms in total. The SMILES string of the molecule is [B]C(C)(C)C1=CCC2C(=C1)C(CCCOC(C)COC(C)(C)CC1CCCC1)(CCCOC(C)(C)COC(C)(C)C)c1cc(C(C)(C)C3=CCC(OCCCCN)C=C3)ccc12. The fraction of sp³-hybridized carbons (Fsp3) is 0.745. The summed E-state index contributed by atoms with van der Waals surface area (Å²) in [6.07, 6.45) is 26.3. The summed E-state index contributed by atoms with van der Waals surface area (Å²) in [6, 6.07) is 7.45. The van der Waals surface area contributed by atoms with Gasteiger partial charge in [-0.2, -0.15) is 0 Å². The van der Waals surface area contributed by atoms with Crippen LogP contribution in [0.5, 0.6) is 0 Å². The van der Waals surface area contributed by atoms with Crippen LogP contribution in [0, 0.1) is 5.92 Å². The summed E-state index contributed by atoms with van der Waals surface area (Å²) in [4.78, 5) is 0. The first-order valence-electron chi connectivity index (χ1n) is 24.7. The largest absolute Gasteiger partial charge is 0.376 e. The molecule has 0 amide bonds. The van der Waals surface area contributed by atoms with Crippen LogP contribution in [0.1, 0.15) is 189 Å². The van der Waals surface area contributed by atoms with Crippen molar-refractivity contribution < 1.29 is 23.7 Å². The molecule has 1 saturated carbocycles. The molecular formula is C55H88BNO5. The van der Waals surface area contributed by atoms with Gasteiger partial charge in [-0.15, -0.1) is 0 Å². The lowest BCUT2D eigenvalue weighted by molar-refractivity contribution is -0.115. The topological polar surface area (TPSA) is 72.2 Å². The Morgan fingerprint density at radius 1 is 0.790 bits per heavy atom. The number of hydrogen-bond acceptors (Lipinski definition) is 6. The molecule has 4 atom stereocenters. The summed E-state index contributed by atoms with van der Waals surface area (Å²) in [6.45, 7) is 30.4. The van der Waals surface area contributed by atoms with E-state index in [-0.39, 0.29) is 39.8 Å². The minimum atomic E-state index is -0.429. The Morgan fingerprint density at radius 2 is 1.48 bits per heavy atom. The Labute approximate surface area is 381 Å². The first-order chi connectivity index (χ1) is 29.1. The predicted molar refractivity (Wildman–Crippen MR) is 261 cm³/mol. The van der Waals surface area contributed by atoms with Gasteiger partial charge in [0, 0.05) is 36.6 Å². The third-order valence-electron chi connectivity index (χ3n) is 14.1. The first-order valence-corrected chi connectivity index (χ1v) is 24.7. The van der Waals surface area contributed by atoms with Gasteiger partial charge in [-0.25, -0.2) is 0 Å². The van der Waals surface area contributed by atoms with Gasteiger partial charge in [0.15, 0.2) is 0 Å². The number of rotatable bonds is 25. The highest BCUT2D eigenvalue weighted by Gasteiger charge is 2.49. The molecule has 4 aliphatic rings. The Kier molecular flexibility index (Phi) is 17.7. The van der Waals surface area contributed by atoms with Crippen LogP contribution < -0.4 is 5.73 Å². The fourth-order valence-corrected chi connectivity index (χ4v) is 10.4. The van der Waals surface area contributed by atoms with Crippen molar-refractivity contribution in [3.63, 3.8) is 0 Å². The second-order valence-electron chi connectivity index (χ2n) is 22.8. The maximum Gasteiger partial charge on any atom is 0.0859 e. The van der Waals surface area contributed by atoms with Crippen LogP contribution in [0.4, 0.5) is 0 Å². The molecule has 0 aliphatic heterocycles. The van der Waals surface area contributed by atoms with E-state index >= 15 is 0 Å². The molecule has 0 heterocycles. The molecule has 62 heavy (non-hydrogen) atoms. The molecule has 2 radical (unpaired) electrons. The number of hydrogen-bond donors (Lipinski definition) is 1. The second kappa shape index (κ2) is 21.5. The van der Waals surface area contributed by atoms with Crippen LogP contribution in [-0.4, -0.2) is 76.4 Å². The summed E-state index contributed by atoms with van der Waals surface area (Å²) >= 11 is 0. The van der Waals surface area contributed by atoms with E-state index in [4.69, 9.17) is 37.3 Å². The Balaban J connectivity index is 1.41. The lowest BCUT2D eigenvalue weighted by atomic mass is 9.62. The van der Waals surface area contributed by atoms with Crippen molar-refractivity contribution in [1.29, 1.82) is 0 Å². The number of benzene rings is 1. The zero-order valence-electron chi connectivity index (χ0n) is 41.6. The highest BCUT2D eigenvalue weighted by Crippen LogP contribution is 2.60. The molecule has 2 N–H and O–H groups in total. The number of unbranched alkanes of at least 4 members (excludes halogenated alkanes) is 1. The maximum absolute atomic E-state index is 6.89. The standard InChI is InChI=1S/C55H88BNO5/c1-40(38-61-51(5,6)37-41-19-13-14-20-41)58-33-17-29-55(30-18-34-60-52(7,8)39-62-50(2,3)4)48-35-43(23-27-46(48)47-28-24-44(36-49(47)55)54(11,12)56)53(9,10)42-21-25-45(26-22-42)59-32-16-15-31-57/h21-25,27,35-36,40-41,45,47H,13-20,26,28-34,37-39,57H2,1-12H3. The number of ether oxygens (including phenoxy) is 5. The summed E-state index contributed by atoms with van der Waals surface area (Å²) in [5.74, 6) is 1.12. The Hall–Kier alpha value is -2.00. The third-order valence-corrected chi connectivity index (χ3v) is 14.1. The minimum absolute atomic E-state index is 0.0324. The van der Waals surface area contributed by atoms with Crippen LogP contribution in [-0.2, 0) is 34.5 Å². The molecule has 5 rings (SSSR count). The van der Waals surface area contributed by atoms with Crippen molar-refractivity contribution >= 4 is 7.85 Å². The average Bonchev–Trinajstić information content (AvgIpc) is 3.81. The fourth-order valence-electron chi connectivity index (χ4n) is 10.4. The Morgan fingerprint density at radius 3 is 2.13 bits per heavy atom. The highest BCUT2D eigenvalue weighted by molar-refractivity contribution is 6.17. The van der Waals surface area contributed by atoms with Gasteiger partial charge in [-0.1, -0.05) is 113 Å². The van der Waals surface area contributed by atoms with Crippen molar-refractivity contribution in [3.8, 4) is 0 Å². The lowest BCUT2D eigenvalue weighted by Crippen LogP contribution is -2.36. The molecule has 0 bridgehead atoms.